The molecule has 0 fully saturated rings. The predicted octanol–water partition coefficient (Wildman–Crippen LogP) is 4.01. The standard InChI is InChI=1S/C20H15N3O6S/c24-20(22-16-7-2-1-3-8-16)29-18-10-4-6-15(12-18)14-21-30(27,28)19-11-5-9-17(13-19)23(25)26/h1-14H,(H,22,24). The van der Waals surface area contributed by atoms with Crippen molar-refractivity contribution < 1.29 is 22.9 Å². The van der Waals surface area contributed by atoms with E-state index in [2.05, 4.69) is 9.71 Å². The summed E-state index contributed by atoms with van der Waals surface area (Å²) in [6, 6.07) is 19.4. The molecule has 3 rings (SSSR count). The molecular formula is C20H15N3O6S. The van der Waals surface area contributed by atoms with Crippen LogP contribution in [0.4, 0.5) is 16.2 Å². The SMILES string of the molecule is O=C(Nc1ccccc1)Oc1cccc(C=NS(=O)(=O)c2cccc([N+](=O)[O-])c2)c1. The Bertz CT molecular complexity index is 1210. The molecule has 30 heavy (non-hydrogen) atoms. The van der Waals surface area contributed by atoms with Gasteiger partial charge >= 0.3 is 6.09 Å². The summed E-state index contributed by atoms with van der Waals surface area (Å²) in [4.78, 5) is 21.8. The third-order valence-corrected chi connectivity index (χ3v) is 4.99. The number of nitro benzene ring substituents is 1. The zero-order valence-corrected chi connectivity index (χ0v) is 16.2. The van der Waals surface area contributed by atoms with E-state index >= 15 is 0 Å². The minimum absolute atomic E-state index is 0.181. The van der Waals surface area contributed by atoms with Crippen LogP contribution < -0.4 is 10.1 Å². The van der Waals surface area contributed by atoms with E-state index in [-0.39, 0.29) is 16.3 Å². The number of benzene rings is 3. The molecule has 0 aliphatic rings. The second-order valence-corrected chi connectivity index (χ2v) is 7.55. The van der Waals surface area contributed by atoms with Crippen molar-refractivity contribution in [3.8, 4) is 5.75 Å². The van der Waals surface area contributed by atoms with Crippen LogP contribution in [0.25, 0.3) is 0 Å². The third-order valence-electron chi connectivity index (χ3n) is 3.76. The molecule has 3 aromatic rings. The van der Waals surface area contributed by atoms with E-state index in [0.29, 0.717) is 11.3 Å². The van der Waals surface area contributed by atoms with Gasteiger partial charge in [0.25, 0.3) is 15.7 Å². The summed E-state index contributed by atoms with van der Waals surface area (Å²) in [6.07, 6.45) is 0.357. The van der Waals surface area contributed by atoms with E-state index < -0.39 is 21.0 Å². The van der Waals surface area contributed by atoms with Gasteiger partial charge < -0.3 is 4.74 Å². The van der Waals surface area contributed by atoms with Crippen molar-refractivity contribution in [1.82, 2.24) is 0 Å². The number of sulfonamides is 1. The number of hydrogen-bond acceptors (Lipinski definition) is 6. The summed E-state index contributed by atoms with van der Waals surface area (Å²) in [6.45, 7) is 0. The number of nitrogens with one attached hydrogen (secondary N) is 1. The smallest absolute Gasteiger partial charge is 0.410 e. The molecule has 0 unspecified atom stereocenters. The Kier molecular flexibility index (Phi) is 6.18. The molecular weight excluding hydrogens is 410 g/mol. The highest BCUT2D eigenvalue weighted by Gasteiger charge is 2.16. The van der Waals surface area contributed by atoms with Crippen molar-refractivity contribution in [2.75, 3.05) is 5.32 Å². The largest absolute Gasteiger partial charge is 0.417 e. The van der Waals surface area contributed by atoms with Crippen LogP contribution in [0.2, 0.25) is 0 Å². The fourth-order valence-corrected chi connectivity index (χ4v) is 3.28. The summed E-state index contributed by atoms with van der Waals surface area (Å²) in [5.74, 6) is 0.181. The average molecular weight is 425 g/mol. The maximum Gasteiger partial charge on any atom is 0.417 e. The summed E-state index contributed by atoms with van der Waals surface area (Å²) in [5.41, 5.74) is 0.559. The van der Waals surface area contributed by atoms with Crippen LogP contribution in [0, 0.1) is 10.1 Å². The highest BCUT2D eigenvalue weighted by molar-refractivity contribution is 7.90. The number of carbonyl (C=O) groups excluding carboxylic acids is 1. The Morgan fingerprint density at radius 3 is 2.47 bits per heavy atom. The summed E-state index contributed by atoms with van der Waals surface area (Å²) in [7, 11) is -4.15. The monoisotopic (exact) mass is 425 g/mol. The van der Waals surface area contributed by atoms with E-state index in [1.165, 1.54) is 30.3 Å². The van der Waals surface area contributed by atoms with Gasteiger partial charge in [-0.1, -0.05) is 36.4 Å². The number of hydrogen-bond donors (Lipinski definition) is 1. The number of para-hydroxylation sites is 1. The summed E-state index contributed by atoms with van der Waals surface area (Å²) >= 11 is 0. The number of nitro groups is 1. The van der Waals surface area contributed by atoms with Crippen molar-refractivity contribution in [2.45, 2.75) is 4.90 Å². The fourth-order valence-electron chi connectivity index (χ4n) is 2.38. The van der Waals surface area contributed by atoms with Gasteiger partial charge in [-0.2, -0.15) is 12.8 Å². The molecule has 0 aliphatic heterocycles. The van der Waals surface area contributed by atoms with E-state index in [1.54, 1.807) is 42.5 Å². The first kappa shape index (κ1) is 20.7. The Morgan fingerprint density at radius 1 is 1.00 bits per heavy atom. The van der Waals surface area contributed by atoms with E-state index in [9.17, 15) is 23.3 Å². The Hall–Kier alpha value is -4.05. The van der Waals surface area contributed by atoms with Gasteiger partial charge in [-0.05, 0) is 35.9 Å². The first-order valence-corrected chi connectivity index (χ1v) is 9.96. The number of amides is 1. The molecule has 0 heterocycles. The van der Waals surface area contributed by atoms with Crippen LogP contribution in [0.3, 0.4) is 0 Å². The second kappa shape index (κ2) is 8.97. The summed E-state index contributed by atoms with van der Waals surface area (Å²) in [5, 5.41) is 13.4. The van der Waals surface area contributed by atoms with E-state index in [1.807, 2.05) is 0 Å². The predicted molar refractivity (Wildman–Crippen MR) is 110 cm³/mol. The lowest BCUT2D eigenvalue weighted by Gasteiger charge is -2.07. The molecule has 0 aliphatic carbocycles. The van der Waals surface area contributed by atoms with Crippen LogP contribution in [-0.2, 0) is 10.0 Å². The molecule has 0 radical (unpaired) electrons. The minimum atomic E-state index is -4.15. The number of anilines is 1. The van der Waals surface area contributed by atoms with Gasteiger partial charge in [0.2, 0.25) is 0 Å². The summed E-state index contributed by atoms with van der Waals surface area (Å²) < 4.78 is 33.4. The van der Waals surface area contributed by atoms with E-state index in [0.717, 1.165) is 12.3 Å². The van der Waals surface area contributed by atoms with Crippen molar-refractivity contribution in [2.24, 2.45) is 4.40 Å². The first-order chi connectivity index (χ1) is 14.3. The Morgan fingerprint density at radius 2 is 1.73 bits per heavy atom. The fraction of sp³-hybridized carbons (Fsp3) is 0. The molecule has 9 nitrogen and oxygen atoms in total. The zero-order valence-electron chi connectivity index (χ0n) is 15.3. The van der Waals surface area contributed by atoms with Crippen molar-refractivity contribution in [1.29, 1.82) is 0 Å². The molecule has 10 heteroatoms. The number of non-ortho nitro benzene ring substituents is 1. The maximum absolute atomic E-state index is 12.3. The van der Waals surface area contributed by atoms with Gasteiger partial charge in [-0.3, -0.25) is 15.4 Å². The lowest BCUT2D eigenvalue weighted by Crippen LogP contribution is -2.16. The van der Waals surface area contributed by atoms with Gasteiger partial charge in [0.05, 0.1) is 9.82 Å². The number of ether oxygens (including phenoxy) is 1. The molecule has 1 N–H and O–H groups in total. The zero-order chi connectivity index (χ0) is 21.6. The van der Waals surface area contributed by atoms with Crippen LogP contribution in [-0.4, -0.2) is 25.6 Å². The van der Waals surface area contributed by atoms with Crippen molar-refractivity contribution in [3.05, 3.63) is 94.5 Å². The first-order valence-electron chi connectivity index (χ1n) is 8.52. The molecule has 152 valence electrons. The second-order valence-electron chi connectivity index (χ2n) is 5.92. The quantitative estimate of drug-likeness (QED) is 0.361. The molecule has 1 amide bonds. The molecule has 0 atom stereocenters. The molecule has 0 spiro atoms. The molecule has 0 bridgehead atoms. The van der Waals surface area contributed by atoms with Crippen LogP contribution in [0.1, 0.15) is 5.56 Å². The number of rotatable bonds is 6. The van der Waals surface area contributed by atoms with Gasteiger partial charge in [-0.15, -0.1) is 0 Å². The van der Waals surface area contributed by atoms with Gasteiger partial charge in [-0.25, -0.2) is 4.79 Å². The molecule has 3 aromatic carbocycles. The highest BCUT2D eigenvalue weighted by Crippen LogP contribution is 2.20. The van der Waals surface area contributed by atoms with Crippen LogP contribution in [0.5, 0.6) is 5.75 Å². The third kappa shape index (κ3) is 5.49. The van der Waals surface area contributed by atoms with Crippen molar-refractivity contribution >= 4 is 33.7 Å². The highest BCUT2D eigenvalue weighted by atomic mass is 32.2. The number of carbonyl (C=O) groups is 1. The lowest BCUT2D eigenvalue weighted by atomic mass is 10.2. The molecule has 0 aromatic heterocycles. The minimum Gasteiger partial charge on any atom is -0.410 e. The maximum atomic E-state index is 12.3. The molecule has 0 saturated heterocycles. The topological polar surface area (TPSA) is 128 Å². The average Bonchev–Trinajstić information content (AvgIpc) is 2.73. The Balaban J connectivity index is 1.72. The number of nitrogens with zero attached hydrogens (tertiary/aromatic N) is 2. The normalized spacial score (nSPS) is 11.2. The van der Waals surface area contributed by atoms with E-state index in [4.69, 9.17) is 4.74 Å². The van der Waals surface area contributed by atoms with Crippen LogP contribution >= 0.6 is 0 Å². The van der Waals surface area contributed by atoms with Crippen molar-refractivity contribution in [3.63, 3.8) is 0 Å². The van der Waals surface area contributed by atoms with Gasteiger partial charge in [0, 0.05) is 24.0 Å². The van der Waals surface area contributed by atoms with Gasteiger partial charge in [0.1, 0.15) is 5.75 Å². The lowest BCUT2D eigenvalue weighted by molar-refractivity contribution is -0.385. The van der Waals surface area contributed by atoms with Crippen LogP contribution in [0.15, 0.2) is 88.2 Å². The molecule has 0 saturated carbocycles. The van der Waals surface area contributed by atoms with Gasteiger partial charge in [0.15, 0.2) is 0 Å². The Labute approximate surface area is 171 Å².